The molecule has 0 unspecified atom stereocenters. The molecule has 0 radical (unpaired) electrons. The Morgan fingerprint density at radius 3 is 1.88 bits per heavy atom. The lowest BCUT2D eigenvalue weighted by molar-refractivity contribution is 0.353. The highest BCUT2D eigenvalue weighted by Gasteiger charge is 2.23. The van der Waals surface area contributed by atoms with Gasteiger partial charge in [0, 0.05) is 0 Å². The summed E-state index contributed by atoms with van der Waals surface area (Å²) in [5.74, 6) is -0.965. The van der Waals surface area contributed by atoms with Crippen molar-refractivity contribution < 1.29 is 14.4 Å². The Kier molecular flexibility index (Phi) is 9.24. The second-order valence-corrected chi connectivity index (χ2v) is 6.26. The van der Waals surface area contributed by atoms with E-state index >= 15 is 0 Å². The molecule has 0 heterocycles. The molecule has 0 aliphatic carbocycles. The first-order valence-electron chi connectivity index (χ1n) is 6.29. The van der Waals surface area contributed by atoms with Gasteiger partial charge in [-0.15, -0.1) is 0 Å². The highest BCUT2D eigenvalue weighted by Crippen LogP contribution is 2.40. The van der Waals surface area contributed by atoms with Gasteiger partial charge in [-0.3, -0.25) is 4.57 Å². The molecule has 0 fully saturated rings. The van der Waals surface area contributed by atoms with Crippen molar-refractivity contribution in [1.29, 1.82) is 0 Å². The van der Waals surface area contributed by atoms with Crippen molar-refractivity contribution in [3.05, 3.63) is 0 Å². The van der Waals surface area contributed by atoms with E-state index in [0.717, 1.165) is 19.3 Å². The van der Waals surface area contributed by atoms with Crippen LogP contribution in [0.15, 0.2) is 0 Å². The van der Waals surface area contributed by atoms with E-state index in [-0.39, 0.29) is 0 Å². The topological polar surface area (TPSA) is 83.6 Å². The molecule has 16 heavy (non-hydrogen) atoms. The molecule has 0 saturated heterocycles. The van der Waals surface area contributed by atoms with Gasteiger partial charge in [0.05, 0.1) is 0 Å². The number of nitrogens with two attached hydrogens (primary N) is 1. The second-order valence-electron chi connectivity index (χ2n) is 4.42. The summed E-state index contributed by atoms with van der Waals surface area (Å²) < 4.78 is 10.7. The van der Waals surface area contributed by atoms with Crippen molar-refractivity contribution >= 4 is 7.60 Å². The van der Waals surface area contributed by atoms with Crippen LogP contribution in [-0.2, 0) is 4.57 Å². The van der Waals surface area contributed by atoms with Crippen LogP contribution in [-0.4, -0.2) is 15.6 Å². The molecule has 5 heteroatoms. The van der Waals surface area contributed by atoms with Gasteiger partial charge in [0.1, 0.15) is 5.78 Å². The predicted octanol–water partition coefficient (Wildman–Crippen LogP) is 2.98. The number of unbranched alkanes of at least 4 members (excludes halogenated alkanes) is 7. The molecule has 1 atom stereocenters. The largest absolute Gasteiger partial charge is 0.342 e. The molecule has 0 aromatic heterocycles. The Labute approximate surface area is 98.8 Å². The maximum absolute atomic E-state index is 10.7. The maximum Gasteiger partial charge on any atom is 0.342 e. The molecule has 0 bridgehead atoms. The van der Waals surface area contributed by atoms with Crippen molar-refractivity contribution in [2.24, 2.45) is 5.73 Å². The summed E-state index contributed by atoms with van der Waals surface area (Å²) in [6.45, 7) is 2.20. The van der Waals surface area contributed by atoms with Gasteiger partial charge < -0.3 is 15.5 Å². The third-order valence-electron chi connectivity index (χ3n) is 2.79. The highest BCUT2D eigenvalue weighted by molar-refractivity contribution is 7.52. The fourth-order valence-corrected chi connectivity index (χ4v) is 2.17. The van der Waals surface area contributed by atoms with E-state index < -0.39 is 13.4 Å². The standard InChI is InChI=1S/C11H26NO3P/c1-2-3-4-5-6-7-8-9-10-11(12)16(13,14)15/h11H,2-10,12H2,1H3,(H2,13,14,15)/t11-/m1/s1. The highest BCUT2D eigenvalue weighted by atomic mass is 31.2. The van der Waals surface area contributed by atoms with Crippen LogP contribution in [0.5, 0.6) is 0 Å². The van der Waals surface area contributed by atoms with Crippen LogP contribution in [0.2, 0.25) is 0 Å². The van der Waals surface area contributed by atoms with Crippen LogP contribution in [0.1, 0.15) is 64.7 Å². The average Bonchev–Trinajstić information content (AvgIpc) is 2.20. The van der Waals surface area contributed by atoms with Crippen LogP contribution in [0.4, 0.5) is 0 Å². The van der Waals surface area contributed by atoms with Gasteiger partial charge in [-0.25, -0.2) is 0 Å². The molecule has 0 saturated carbocycles. The molecule has 0 rings (SSSR count). The van der Waals surface area contributed by atoms with Crippen molar-refractivity contribution in [3.8, 4) is 0 Å². The van der Waals surface area contributed by atoms with E-state index in [1.807, 2.05) is 0 Å². The summed E-state index contributed by atoms with van der Waals surface area (Å²) in [7, 11) is -4.05. The van der Waals surface area contributed by atoms with E-state index in [4.69, 9.17) is 15.5 Å². The van der Waals surface area contributed by atoms with E-state index in [9.17, 15) is 4.57 Å². The van der Waals surface area contributed by atoms with Crippen LogP contribution in [0.3, 0.4) is 0 Å². The smallest absolute Gasteiger partial charge is 0.323 e. The number of rotatable bonds is 10. The van der Waals surface area contributed by atoms with Gasteiger partial charge in [0.2, 0.25) is 0 Å². The van der Waals surface area contributed by atoms with Gasteiger partial charge in [-0.2, -0.15) is 0 Å². The molecule has 0 aromatic rings. The number of hydrogen-bond donors (Lipinski definition) is 3. The fraction of sp³-hybridized carbons (Fsp3) is 1.00. The second kappa shape index (κ2) is 9.17. The van der Waals surface area contributed by atoms with Crippen molar-refractivity contribution in [2.75, 3.05) is 0 Å². The third-order valence-corrected chi connectivity index (χ3v) is 3.91. The summed E-state index contributed by atoms with van der Waals surface area (Å²) >= 11 is 0. The van der Waals surface area contributed by atoms with Gasteiger partial charge in [0.15, 0.2) is 0 Å². The zero-order valence-corrected chi connectivity index (χ0v) is 11.2. The molecule has 0 aliphatic rings. The Hall–Kier alpha value is 0.110. The summed E-state index contributed by atoms with van der Waals surface area (Å²) in [4.78, 5) is 17.5. The van der Waals surface area contributed by atoms with Crippen LogP contribution in [0, 0.1) is 0 Å². The van der Waals surface area contributed by atoms with Crippen molar-refractivity contribution in [3.63, 3.8) is 0 Å². The van der Waals surface area contributed by atoms with E-state index in [2.05, 4.69) is 6.92 Å². The molecule has 0 aromatic carbocycles. The Bertz CT molecular complexity index is 205. The van der Waals surface area contributed by atoms with E-state index in [1.54, 1.807) is 0 Å². The van der Waals surface area contributed by atoms with Gasteiger partial charge in [0.25, 0.3) is 0 Å². The minimum Gasteiger partial charge on any atom is -0.323 e. The molecular formula is C11H26NO3P. The van der Waals surface area contributed by atoms with Gasteiger partial charge in [-0.05, 0) is 6.42 Å². The fourth-order valence-electron chi connectivity index (χ4n) is 1.66. The first kappa shape index (κ1) is 16.1. The SMILES string of the molecule is CCCCCCCCCC[C@H](N)P(=O)(O)O. The first-order chi connectivity index (χ1) is 7.48. The Balaban J connectivity index is 3.24. The van der Waals surface area contributed by atoms with Crippen molar-refractivity contribution in [2.45, 2.75) is 70.5 Å². The zero-order valence-electron chi connectivity index (χ0n) is 10.3. The first-order valence-corrected chi connectivity index (χ1v) is 7.97. The third kappa shape index (κ3) is 9.34. The van der Waals surface area contributed by atoms with E-state index in [0.29, 0.717) is 6.42 Å². The Morgan fingerprint density at radius 1 is 1.00 bits per heavy atom. The van der Waals surface area contributed by atoms with Crippen LogP contribution in [0.25, 0.3) is 0 Å². The van der Waals surface area contributed by atoms with Crippen LogP contribution < -0.4 is 5.73 Å². The molecular weight excluding hydrogens is 225 g/mol. The lowest BCUT2D eigenvalue weighted by Gasteiger charge is -2.12. The molecule has 0 amide bonds. The number of hydrogen-bond acceptors (Lipinski definition) is 2. The summed E-state index contributed by atoms with van der Waals surface area (Å²) in [5.41, 5.74) is 5.37. The van der Waals surface area contributed by atoms with E-state index in [1.165, 1.54) is 32.1 Å². The molecule has 4 nitrogen and oxygen atoms in total. The van der Waals surface area contributed by atoms with Crippen LogP contribution >= 0.6 is 7.60 Å². The zero-order chi connectivity index (χ0) is 12.4. The lowest BCUT2D eigenvalue weighted by atomic mass is 10.1. The normalized spacial score (nSPS) is 14.0. The maximum atomic E-state index is 10.7. The van der Waals surface area contributed by atoms with Gasteiger partial charge in [-0.1, -0.05) is 58.3 Å². The lowest BCUT2D eigenvalue weighted by Crippen LogP contribution is -2.19. The minimum absolute atomic E-state index is 0.430. The monoisotopic (exact) mass is 251 g/mol. The average molecular weight is 251 g/mol. The molecule has 4 N–H and O–H groups in total. The van der Waals surface area contributed by atoms with Gasteiger partial charge >= 0.3 is 7.60 Å². The quantitative estimate of drug-likeness (QED) is 0.411. The summed E-state index contributed by atoms with van der Waals surface area (Å²) in [5, 5.41) is 0. The molecule has 98 valence electrons. The Morgan fingerprint density at radius 2 is 1.44 bits per heavy atom. The molecule has 0 aliphatic heterocycles. The molecule has 0 spiro atoms. The predicted molar refractivity (Wildman–Crippen MR) is 67.2 cm³/mol. The minimum atomic E-state index is -4.05. The van der Waals surface area contributed by atoms with Crippen molar-refractivity contribution in [1.82, 2.24) is 0 Å². The summed E-state index contributed by atoms with van der Waals surface area (Å²) in [6, 6.07) is 0. The summed E-state index contributed by atoms with van der Waals surface area (Å²) in [6.07, 6.45) is 9.80.